The van der Waals surface area contributed by atoms with Crippen LogP contribution in [-0.4, -0.2) is 22.3 Å². The summed E-state index contributed by atoms with van der Waals surface area (Å²) in [5.74, 6) is -0.164. The largest absolute Gasteiger partial charge is 0.416 e. The summed E-state index contributed by atoms with van der Waals surface area (Å²) in [4.78, 5) is 20.6. The van der Waals surface area contributed by atoms with Crippen LogP contribution in [0, 0.1) is 0 Å². The molecule has 0 radical (unpaired) electrons. The highest BCUT2D eigenvalue weighted by Crippen LogP contribution is 2.31. The number of amides is 1. The molecule has 3 aromatic rings. The monoisotopic (exact) mass is 423 g/mol. The highest BCUT2D eigenvalue weighted by molar-refractivity contribution is 7.16. The third-order valence-corrected chi connectivity index (χ3v) is 6.33. The fraction of sp³-hybridized carbons (Fsp3) is 0.263. The summed E-state index contributed by atoms with van der Waals surface area (Å²) >= 11 is 2.83. The molecule has 4 rings (SSSR count). The summed E-state index contributed by atoms with van der Waals surface area (Å²) < 4.78 is 38.0. The number of anilines is 1. The lowest BCUT2D eigenvalue weighted by Crippen LogP contribution is -2.29. The van der Waals surface area contributed by atoms with Crippen molar-refractivity contribution in [2.24, 2.45) is 0 Å². The summed E-state index contributed by atoms with van der Waals surface area (Å²) in [6.07, 6.45) is -3.56. The molecule has 1 aliphatic heterocycles. The molecule has 28 heavy (non-hydrogen) atoms. The van der Waals surface area contributed by atoms with Gasteiger partial charge in [-0.25, -0.2) is 4.98 Å². The van der Waals surface area contributed by atoms with Crippen LogP contribution >= 0.6 is 22.7 Å². The third-order valence-electron chi connectivity index (χ3n) is 4.46. The van der Waals surface area contributed by atoms with Crippen molar-refractivity contribution >= 4 is 33.7 Å². The van der Waals surface area contributed by atoms with E-state index in [1.807, 2.05) is 11.4 Å². The zero-order valence-corrected chi connectivity index (χ0v) is 16.3. The molecule has 3 heterocycles. The van der Waals surface area contributed by atoms with Crippen molar-refractivity contribution in [1.82, 2.24) is 9.88 Å². The number of carbonyl (C=O) groups is 1. The van der Waals surface area contributed by atoms with E-state index in [1.165, 1.54) is 34.8 Å². The van der Waals surface area contributed by atoms with Gasteiger partial charge in [-0.15, -0.1) is 22.7 Å². The van der Waals surface area contributed by atoms with E-state index in [2.05, 4.69) is 15.2 Å². The van der Waals surface area contributed by atoms with E-state index in [-0.39, 0.29) is 5.91 Å². The Labute approximate surface area is 167 Å². The lowest BCUT2D eigenvalue weighted by atomic mass is 10.1. The molecule has 0 fully saturated rings. The maximum Gasteiger partial charge on any atom is 0.416 e. The summed E-state index contributed by atoms with van der Waals surface area (Å²) in [6, 6.07) is 8.88. The molecule has 1 amide bonds. The molecule has 9 heteroatoms. The molecule has 1 N–H and O–H groups in total. The van der Waals surface area contributed by atoms with Gasteiger partial charge in [-0.3, -0.25) is 15.0 Å². The minimum absolute atomic E-state index is 0.164. The number of halogens is 3. The second-order valence-corrected chi connectivity index (χ2v) is 8.51. The maximum absolute atomic E-state index is 12.7. The van der Waals surface area contributed by atoms with Crippen molar-refractivity contribution in [3.63, 3.8) is 0 Å². The first kappa shape index (κ1) is 19.1. The number of alkyl halides is 3. The first-order chi connectivity index (χ1) is 13.4. The Morgan fingerprint density at radius 2 is 2.00 bits per heavy atom. The zero-order valence-electron chi connectivity index (χ0n) is 14.6. The van der Waals surface area contributed by atoms with Gasteiger partial charge >= 0.3 is 6.18 Å². The van der Waals surface area contributed by atoms with Crippen LogP contribution in [0.3, 0.4) is 0 Å². The van der Waals surface area contributed by atoms with E-state index in [9.17, 15) is 18.0 Å². The molecule has 0 aliphatic carbocycles. The Bertz CT molecular complexity index is 965. The lowest BCUT2D eigenvalue weighted by Gasteiger charge is -2.25. The molecule has 0 spiro atoms. The van der Waals surface area contributed by atoms with Gasteiger partial charge in [0.05, 0.1) is 16.1 Å². The molecule has 1 aliphatic rings. The van der Waals surface area contributed by atoms with Crippen molar-refractivity contribution in [2.75, 3.05) is 11.9 Å². The molecule has 146 valence electrons. The van der Waals surface area contributed by atoms with E-state index in [1.54, 1.807) is 6.07 Å². The molecule has 4 nitrogen and oxygen atoms in total. The molecular weight excluding hydrogens is 407 g/mol. The summed E-state index contributed by atoms with van der Waals surface area (Å²) in [6.45, 7) is 2.02. The minimum atomic E-state index is -4.31. The van der Waals surface area contributed by atoms with Crippen LogP contribution < -0.4 is 5.32 Å². The van der Waals surface area contributed by atoms with E-state index in [0.29, 0.717) is 23.1 Å². The van der Waals surface area contributed by atoms with Gasteiger partial charge in [-0.2, -0.15) is 13.2 Å². The topological polar surface area (TPSA) is 45.2 Å². The number of hydrogen-bond acceptors (Lipinski definition) is 5. The van der Waals surface area contributed by atoms with Crippen molar-refractivity contribution in [2.45, 2.75) is 25.7 Å². The zero-order chi connectivity index (χ0) is 19.7. The highest BCUT2D eigenvalue weighted by atomic mass is 32.1. The molecule has 0 saturated heterocycles. The van der Waals surface area contributed by atoms with Crippen LogP contribution in [-0.2, 0) is 25.7 Å². The van der Waals surface area contributed by atoms with Crippen LogP contribution in [0.15, 0.2) is 41.8 Å². The quantitative estimate of drug-likeness (QED) is 0.640. The Kier molecular flexibility index (Phi) is 5.22. The van der Waals surface area contributed by atoms with Crippen molar-refractivity contribution in [3.8, 4) is 0 Å². The number of nitrogens with zero attached hydrogens (tertiary/aromatic N) is 2. The Morgan fingerprint density at radius 1 is 1.21 bits per heavy atom. The number of fused-ring (bicyclic) bond motifs is 1. The second kappa shape index (κ2) is 7.65. The summed E-state index contributed by atoms with van der Waals surface area (Å²) in [7, 11) is 0. The van der Waals surface area contributed by atoms with Gasteiger partial charge in [-0.1, -0.05) is 18.2 Å². The first-order valence-corrected chi connectivity index (χ1v) is 10.3. The summed E-state index contributed by atoms with van der Waals surface area (Å²) in [5, 5.41) is 5.27. The number of nitrogens with one attached hydrogen (secondary N) is 1. The standard InChI is InChI=1S/C19H16F3N3OS2/c20-19(21,22)13-5-3-12(4-6-13)10-25-8-7-14-16(11-25)28-18(23-14)24-17(26)15-2-1-9-27-15/h1-6,9H,7-8,10-11H2,(H,23,24,26). The maximum atomic E-state index is 12.7. The van der Waals surface area contributed by atoms with Gasteiger partial charge in [0, 0.05) is 30.9 Å². The average Bonchev–Trinajstić information content (AvgIpc) is 3.30. The van der Waals surface area contributed by atoms with Crippen LogP contribution in [0.4, 0.5) is 18.3 Å². The Morgan fingerprint density at radius 3 is 2.68 bits per heavy atom. The second-order valence-electron chi connectivity index (χ2n) is 6.48. The van der Waals surface area contributed by atoms with Crippen LogP contribution in [0.25, 0.3) is 0 Å². The van der Waals surface area contributed by atoms with Gasteiger partial charge < -0.3 is 0 Å². The SMILES string of the molecule is O=C(Nc1nc2c(s1)CN(Cc1ccc(C(F)(F)F)cc1)CC2)c1cccs1. The summed E-state index contributed by atoms with van der Waals surface area (Å²) in [5.41, 5.74) is 1.19. The predicted molar refractivity (Wildman–Crippen MR) is 104 cm³/mol. The number of aromatic nitrogens is 1. The van der Waals surface area contributed by atoms with Gasteiger partial charge in [-0.05, 0) is 29.1 Å². The number of carbonyl (C=O) groups excluding carboxylic acids is 1. The fourth-order valence-electron chi connectivity index (χ4n) is 3.06. The van der Waals surface area contributed by atoms with Crippen molar-refractivity contribution in [1.29, 1.82) is 0 Å². The van der Waals surface area contributed by atoms with E-state index >= 15 is 0 Å². The van der Waals surface area contributed by atoms with Gasteiger partial charge in [0.25, 0.3) is 5.91 Å². The van der Waals surface area contributed by atoms with Gasteiger partial charge in [0.15, 0.2) is 5.13 Å². The number of benzene rings is 1. The predicted octanol–water partition coefficient (Wildman–Crippen LogP) is 5.03. The van der Waals surface area contributed by atoms with Gasteiger partial charge in [0.1, 0.15) is 0 Å². The molecule has 0 saturated carbocycles. The number of rotatable bonds is 4. The molecule has 0 unspecified atom stereocenters. The van der Waals surface area contributed by atoms with E-state index in [4.69, 9.17) is 0 Å². The smallest absolute Gasteiger partial charge is 0.297 e. The van der Waals surface area contributed by atoms with E-state index in [0.717, 1.165) is 41.2 Å². The molecule has 2 aromatic heterocycles. The molecule has 0 atom stereocenters. The number of thiazole rings is 1. The first-order valence-electron chi connectivity index (χ1n) is 8.60. The molecular formula is C19H16F3N3OS2. The Balaban J connectivity index is 1.39. The van der Waals surface area contributed by atoms with Gasteiger partial charge in [0.2, 0.25) is 0 Å². The third kappa shape index (κ3) is 4.26. The number of hydrogen-bond donors (Lipinski definition) is 1. The minimum Gasteiger partial charge on any atom is -0.297 e. The van der Waals surface area contributed by atoms with Crippen LogP contribution in [0.1, 0.15) is 31.4 Å². The van der Waals surface area contributed by atoms with Crippen molar-refractivity contribution in [3.05, 3.63) is 68.4 Å². The number of thiophene rings is 1. The molecule has 1 aromatic carbocycles. The fourth-order valence-corrected chi connectivity index (χ4v) is 4.73. The van der Waals surface area contributed by atoms with Crippen LogP contribution in [0.2, 0.25) is 0 Å². The van der Waals surface area contributed by atoms with Crippen LogP contribution in [0.5, 0.6) is 0 Å². The molecule has 0 bridgehead atoms. The average molecular weight is 423 g/mol. The van der Waals surface area contributed by atoms with E-state index < -0.39 is 11.7 Å². The lowest BCUT2D eigenvalue weighted by molar-refractivity contribution is -0.137. The van der Waals surface area contributed by atoms with Crippen molar-refractivity contribution < 1.29 is 18.0 Å². The Hall–Kier alpha value is -2.23. The highest BCUT2D eigenvalue weighted by Gasteiger charge is 2.30. The normalized spacial score (nSPS) is 14.7.